The topological polar surface area (TPSA) is 74.3 Å². The normalized spacial score (nSPS) is 22.9. The number of fused-ring (bicyclic) bond motifs is 3. The lowest BCUT2D eigenvalue weighted by Gasteiger charge is -2.38. The highest BCUT2D eigenvalue weighted by Crippen LogP contribution is 2.30. The number of piperidine rings is 1. The lowest BCUT2D eigenvalue weighted by Crippen LogP contribution is -2.47. The quantitative estimate of drug-likeness (QED) is 0.597. The van der Waals surface area contributed by atoms with Gasteiger partial charge in [-0.1, -0.05) is 42.5 Å². The molecule has 2 fully saturated rings. The highest BCUT2D eigenvalue weighted by molar-refractivity contribution is 5.79. The van der Waals surface area contributed by atoms with Gasteiger partial charge in [-0.05, 0) is 42.0 Å². The van der Waals surface area contributed by atoms with Crippen LogP contribution in [0.2, 0.25) is 0 Å². The number of nitrogens with one attached hydrogen (secondary N) is 1. The van der Waals surface area contributed by atoms with Crippen LogP contribution in [0.1, 0.15) is 24.0 Å². The van der Waals surface area contributed by atoms with Crippen LogP contribution >= 0.6 is 0 Å². The maximum absolute atomic E-state index is 13.1. The van der Waals surface area contributed by atoms with Crippen LogP contribution in [0, 0.1) is 11.8 Å². The molecule has 2 amide bonds. The molecule has 2 saturated heterocycles. The number of nitrogens with zero attached hydrogens (tertiary/aromatic N) is 3. The molecule has 0 aliphatic carbocycles. The number of morpholine rings is 1. The summed E-state index contributed by atoms with van der Waals surface area (Å²) in [5.41, 5.74) is 3.32. The van der Waals surface area contributed by atoms with E-state index in [1.165, 1.54) is 0 Å². The molecule has 2 bridgehead atoms. The van der Waals surface area contributed by atoms with Crippen molar-refractivity contribution in [1.82, 2.24) is 15.1 Å². The average Bonchev–Trinajstić information content (AvgIpc) is 2.97. The second kappa shape index (κ2) is 13.1. The molecular formula is C31H40N4O4. The first-order valence-corrected chi connectivity index (χ1v) is 14.1. The zero-order valence-corrected chi connectivity index (χ0v) is 22.9. The summed E-state index contributed by atoms with van der Waals surface area (Å²) in [6, 6.07) is 16.4. The van der Waals surface area contributed by atoms with Gasteiger partial charge < -0.3 is 29.5 Å². The van der Waals surface area contributed by atoms with Gasteiger partial charge in [0.2, 0.25) is 11.8 Å². The summed E-state index contributed by atoms with van der Waals surface area (Å²) in [4.78, 5) is 32.3. The first-order valence-electron chi connectivity index (χ1n) is 14.1. The third kappa shape index (κ3) is 7.19. The third-order valence-corrected chi connectivity index (χ3v) is 8.01. The first-order chi connectivity index (χ1) is 19.1. The third-order valence-electron chi connectivity index (χ3n) is 8.01. The standard InChI is InChI=1S/C31H40N4O4/c1-33(22-24-6-3-2-4-7-24)30(36)19-25-11-12-35-23-26(25)8-5-15-39-29-10-9-28(34-13-16-38-17-14-34)18-27(29)20-32-21-31(35)37/h2-10,18,25-26,32H,11-17,19-23H2,1H3/b8-5+/t25-,26-/m0/s1. The molecule has 3 aliphatic rings. The van der Waals surface area contributed by atoms with Gasteiger partial charge in [0.1, 0.15) is 12.4 Å². The van der Waals surface area contributed by atoms with Gasteiger partial charge in [-0.3, -0.25) is 9.59 Å². The van der Waals surface area contributed by atoms with Crippen molar-refractivity contribution in [3.8, 4) is 5.75 Å². The molecule has 2 aromatic carbocycles. The Morgan fingerprint density at radius 3 is 2.69 bits per heavy atom. The SMILES string of the molecule is CN(Cc1ccccc1)C(=O)C[C@@H]1CCN2C[C@@H]1/C=C/COc1ccc(N3CCOCC3)cc1CNCC2=O. The molecule has 8 nitrogen and oxygen atoms in total. The average molecular weight is 533 g/mol. The fourth-order valence-corrected chi connectivity index (χ4v) is 5.70. The lowest BCUT2D eigenvalue weighted by molar-refractivity contribution is -0.134. The summed E-state index contributed by atoms with van der Waals surface area (Å²) >= 11 is 0. The molecule has 2 atom stereocenters. The predicted octanol–water partition coefficient (Wildman–Crippen LogP) is 3.07. The molecule has 2 aromatic rings. The summed E-state index contributed by atoms with van der Waals surface area (Å²) in [6.07, 6.45) is 5.50. The van der Waals surface area contributed by atoms with E-state index in [1.807, 2.05) is 53.2 Å². The minimum Gasteiger partial charge on any atom is -0.489 e. The summed E-state index contributed by atoms with van der Waals surface area (Å²) in [7, 11) is 1.87. The Morgan fingerprint density at radius 1 is 1.05 bits per heavy atom. The Morgan fingerprint density at radius 2 is 1.87 bits per heavy atom. The number of benzene rings is 2. The van der Waals surface area contributed by atoms with Crippen molar-refractivity contribution in [2.45, 2.75) is 25.9 Å². The monoisotopic (exact) mass is 532 g/mol. The van der Waals surface area contributed by atoms with Crippen molar-refractivity contribution in [2.24, 2.45) is 11.8 Å². The van der Waals surface area contributed by atoms with E-state index in [1.54, 1.807) is 0 Å². The number of carbonyl (C=O) groups excluding carboxylic acids is 2. The maximum atomic E-state index is 13.1. The zero-order chi connectivity index (χ0) is 27.0. The number of rotatable bonds is 5. The van der Waals surface area contributed by atoms with Gasteiger partial charge in [0.25, 0.3) is 0 Å². The number of carbonyl (C=O) groups is 2. The van der Waals surface area contributed by atoms with Gasteiger partial charge in [-0.15, -0.1) is 0 Å². The van der Waals surface area contributed by atoms with Crippen LogP contribution in [-0.4, -0.2) is 81.2 Å². The van der Waals surface area contributed by atoms with E-state index >= 15 is 0 Å². The molecule has 0 radical (unpaired) electrons. The van der Waals surface area contributed by atoms with Gasteiger partial charge >= 0.3 is 0 Å². The maximum Gasteiger partial charge on any atom is 0.236 e. The Labute approximate surface area is 231 Å². The van der Waals surface area contributed by atoms with Crippen LogP contribution in [0.3, 0.4) is 0 Å². The molecule has 8 heteroatoms. The molecule has 0 unspecified atom stereocenters. The van der Waals surface area contributed by atoms with Crippen molar-refractivity contribution in [3.63, 3.8) is 0 Å². The molecule has 1 N–H and O–H groups in total. The fourth-order valence-electron chi connectivity index (χ4n) is 5.70. The molecule has 39 heavy (non-hydrogen) atoms. The van der Waals surface area contributed by atoms with Gasteiger partial charge in [0, 0.05) is 64.0 Å². The Bertz CT molecular complexity index is 1150. The van der Waals surface area contributed by atoms with E-state index < -0.39 is 0 Å². The number of anilines is 1. The van der Waals surface area contributed by atoms with E-state index in [4.69, 9.17) is 9.47 Å². The minimum absolute atomic E-state index is 0.102. The van der Waals surface area contributed by atoms with E-state index in [0.717, 1.165) is 55.3 Å². The minimum atomic E-state index is 0.102. The molecule has 0 saturated carbocycles. The van der Waals surface area contributed by atoms with E-state index in [9.17, 15) is 9.59 Å². The summed E-state index contributed by atoms with van der Waals surface area (Å²) in [5, 5.41) is 3.35. The molecule has 208 valence electrons. The molecule has 3 aliphatic heterocycles. The Hall–Kier alpha value is -3.36. The van der Waals surface area contributed by atoms with Crippen molar-refractivity contribution >= 4 is 17.5 Å². The first kappa shape index (κ1) is 27.2. The van der Waals surface area contributed by atoms with E-state index in [0.29, 0.717) is 39.2 Å². The summed E-state index contributed by atoms with van der Waals surface area (Å²) in [6.45, 7) is 6.41. The van der Waals surface area contributed by atoms with Crippen molar-refractivity contribution in [2.75, 3.05) is 64.5 Å². The van der Waals surface area contributed by atoms with Crippen LogP contribution in [0.15, 0.2) is 60.7 Å². The van der Waals surface area contributed by atoms with Crippen molar-refractivity contribution in [1.29, 1.82) is 0 Å². The van der Waals surface area contributed by atoms with Gasteiger partial charge in [-0.2, -0.15) is 0 Å². The second-order valence-corrected chi connectivity index (χ2v) is 10.7. The number of hydrogen-bond acceptors (Lipinski definition) is 6. The van der Waals surface area contributed by atoms with Crippen LogP contribution in [0.25, 0.3) is 0 Å². The summed E-state index contributed by atoms with van der Waals surface area (Å²) < 4.78 is 11.7. The highest BCUT2D eigenvalue weighted by atomic mass is 16.5. The van der Waals surface area contributed by atoms with E-state index in [-0.39, 0.29) is 30.2 Å². The Kier molecular flexibility index (Phi) is 9.16. The van der Waals surface area contributed by atoms with Crippen LogP contribution in [0.5, 0.6) is 5.75 Å². The largest absolute Gasteiger partial charge is 0.489 e. The molecule has 0 aromatic heterocycles. The van der Waals surface area contributed by atoms with Crippen molar-refractivity contribution < 1.29 is 19.1 Å². The second-order valence-electron chi connectivity index (χ2n) is 10.7. The molecule has 3 heterocycles. The number of amides is 2. The number of hydrogen-bond donors (Lipinski definition) is 1. The van der Waals surface area contributed by atoms with Crippen LogP contribution < -0.4 is 15.0 Å². The van der Waals surface area contributed by atoms with Gasteiger partial charge in [-0.25, -0.2) is 0 Å². The molecule has 5 rings (SSSR count). The van der Waals surface area contributed by atoms with Crippen molar-refractivity contribution in [3.05, 3.63) is 71.8 Å². The lowest BCUT2D eigenvalue weighted by atomic mass is 9.82. The molecular weight excluding hydrogens is 492 g/mol. The number of ether oxygens (including phenoxy) is 2. The predicted molar refractivity (Wildman–Crippen MR) is 152 cm³/mol. The molecule has 0 spiro atoms. The van der Waals surface area contributed by atoms with Gasteiger partial charge in [0.05, 0.1) is 19.8 Å². The van der Waals surface area contributed by atoms with E-state index in [2.05, 4.69) is 34.5 Å². The van der Waals surface area contributed by atoms with Gasteiger partial charge in [0.15, 0.2) is 0 Å². The zero-order valence-electron chi connectivity index (χ0n) is 22.9. The fraction of sp³-hybridized carbons (Fsp3) is 0.484. The smallest absolute Gasteiger partial charge is 0.236 e. The highest BCUT2D eigenvalue weighted by Gasteiger charge is 2.32. The van der Waals surface area contributed by atoms with Crippen LogP contribution in [-0.2, 0) is 27.4 Å². The summed E-state index contributed by atoms with van der Waals surface area (Å²) in [5.74, 6) is 1.38. The Balaban J connectivity index is 1.26. The van der Waals surface area contributed by atoms with Crippen LogP contribution in [0.4, 0.5) is 5.69 Å².